The van der Waals surface area contributed by atoms with Gasteiger partial charge in [0, 0.05) is 20.2 Å². The average Bonchev–Trinajstić information content (AvgIpc) is 2.70. The van der Waals surface area contributed by atoms with Crippen LogP contribution in [0.3, 0.4) is 0 Å². The minimum absolute atomic E-state index is 0.121. The maximum absolute atomic E-state index is 5.70. The molecule has 18 heavy (non-hydrogen) atoms. The molecule has 1 aromatic heterocycles. The van der Waals surface area contributed by atoms with Gasteiger partial charge in [-0.2, -0.15) is 0 Å². The number of aryl methyl sites for hydroxylation is 1. The van der Waals surface area contributed by atoms with Crippen LogP contribution in [-0.4, -0.2) is 0 Å². The van der Waals surface area contributed by atoms with Gasteiger partial charge in [-0.1, -0.05) is 22.0 Å². The van der Waals surface area contributed by atoms with Crippen LogP contribution >= 0.6 is 43.2 Å². The van der Waals surface area contributed by atoms with Gasteiger partial charge in [-0.05, 0) is 57.6 Å². The fourth-order valence-electron chi connectivity index (χ4n) is 1.89. The smallest absolute Gasteiger partial charge is 0.0509 e. The second-order valence-corrected chi connectivity index (χ2v) is 6.95. The van der Waals surface area contributed by atoms with Crippen molar-refractivity contribution in [1.82, 2.24) is 5.43 Å². The Kier molecular flexibility index (Phi) is 4.98. The van der Waals surface area contributed by atoms with Gasteiger partial charge in [-0.25, -0.2) is 0 Å². The lowest BCUT2D eigenvalue weighted by Gasteiger charge is -2.17. The number of hydrogen-bond acceptors (Lipinski definition) is 3. The highest BCUT2D eigenvalue weighted by molar-refractivity contribution is 9.10. The zero-order valence-corrected chi connectivity index (χ0v) is 13.9. The topological polar surface area (TPSA) is 38.0 Å². The SMILES string of the molecule is Cc1cc(Br)cc(C(Cc2sccc2Br)NN)c1. The van der Waals surface area contributed by atoms with Crippen LogP contribution in [0, 0.1) is 6.92 Å². The highest BCUT2D eigenvalue weighted by Crippen LogP contribution is 2.29. The van der Waals surface area contributed by atoms with Gasteiger partial charge in [0.2, 0.25) is 0 Å². The molecule has 0 aliphatic carbocycles. The summed E-state index contributed by atoms with van der Waals surface area (Å²) in [7, 11) is 0. The van der Waals surface area contributed by atoms with E-state index in [1.54, 1.807) is 11.3 Å². The first kappa shape index (κ1) is 14.2. The summed E-state index contributed by atoms with van der Waals surface area (Å²) in [5, 5.41) is 2.08. The Morgan fingerprint density at radius 1 is 1.33 bits per heavy atom. The Bertz CT molecular complexity index is 519. The van der Waals surface area contributed by atoms with Crippen LogP contribution in [0.15, 0.2) is 38.6 Å². The van der Waals surface area contributed by atoms with Crippen molar-refractivity contribution in [2.45, 2.75) is 19.4 Å². The number of nitrogens with one attached hydrogen (secondary N) is 1. The van der Waals surface area contributed by atoms with E-state index in [0.717, 1.165) is 15.4 Å². The van der Waals surface area contributed by atoms with Crippen LogP contribution in [0.1, 0.15) is 22.0 Å². The van der Waals surface area contributed by atoms with Gasteiger partial charge in [-0.3, -0.25) is 11.3 Å². The van der Waals surface area contributed by atoms with Crippen molar-refractivity contribution in [3.8, 4) is 0 Å². The average molecular weight is 390 g/mol. The summed E-state index contributed by atoms with van der Waals surface area (Å²) in [4.78, 5) is 1.30. The van der Waals surface area contributed by atoms with Gasteiger partial charge < -0.3 is 0 Å². The van der Waals surface area contributed by atoms with E-state index in [1.165, 1.54) is 16.0 Å². The molecular formula is C13H14Br2N2S. The monoisotopic (exact) mass is 388 g/mol. The fraction of sp³-hybridized carbons (Fsp3) is 0.231. The summed E-state index contributed by atoms with van der Waals surface area (Å²) in [5.74, 6) is 5.70. The van der Waals surface area contributed by atoms with E-state index in [-0.39, 0.29) is 6.04 Å². The molecule has 1 unspecified atom stereocenters. The van der Waals surface area contributed by atoms with E-state index < -0.39 is 0 Å². The lowest BCUT2D eigenvalue weighted by atomic mass is 10.0. The van der Waals surface area contributed by atoms with Crippen LogP contribution < -0.4 is 11.3 Å². The van der Waals surface area contributed by atoms with Gasteiger partial charge in [-0.15, -0.1) is 11.3 Å². The van der Waals surface area contributed by atoms with Crippen molar-refractivity contribution in [2.24, 2.45) is 5.84 Å². The normalized spacial score (nSPS) is 12.7. The molecule has 1 atom stereocenters. The van der Waals surface area contributed by atoms with Crippen LogP contribution in [0.25, 0.3) is 0 Å². The van der Waals surface area contributed by atoms with Crippen LogP contribution in [-0.2, 0) is 6.42 Å². The zero-order chi connectivity index (χ0) is 13.1. The van der Waals surface area contributed by atoms with Crippen LogP contribution in [0.4, 0.5) is 0 Å². The van der Waals surface area contributed by atoms with E-state index in [4.69, 9.17) is 5.84 Å². The molecule has 2 aromatic rings. The molecule has 0 radical (unpaired) electrons. The molecule has 0 bridgehead atoms. The van der Waals surface area contributed by atoms with Crippen molar-refractivity contribution in [3.63, 3.8) is 0 Å². The molecule has 0 saturated carbocycles. The van der Waals surface area contributed by atoms with Crippen molar-refractivity contribution < 1.29 is 0 Å². The maximum Gasteiger partial charge on any atom is 0.0509 e. The molecular weight excluding hydrogens is 376 g/mol. The molecule has 2 rings (SSSR count). The van der Waals surface area contributed by atoms with Crippen molar-refractivity contribution in [2.75, 3.05) is 0 Å². The predicted molar refractivity (Wildman–Crippen MR) is 84.7 cm³/mol. The Morgan fingerprint density at radius 3 is 2.67 bits per heavy atom. The highest BCUT2D eigenvalue weighted by atomic mass is 79.9. The number of halogens is 2. The maximum atomic E-state index is 5.70. The third kappa shape index (κ3) is 3.42. The summed E-state index contributed by atoms with van der Waals surface area (Å²) < 4.78 is 2.24. The number of rotatable bonds is 4. The molecule has 2 nitrogen and oxygen atoms in total. The van der Waals surface area contributed by atoms with Crippen LogP contribution in [0.2, 0.25) is 0 Å². The van der Waals surface area contributed by atoms with E-state index in [0.29, 0.717) is 0 Å². The van der Waals surface area contributed by atoms with Crippen LogP contribution in [0.5, 0.6) is 0 Å². The van der Waals surface area contributed by atoms with Crippen molar-refractivity contribution in [3.05, 3.63) is 54.6 Å². The molecule has 1 heterocycles. The number of hydrogen-bond donors (Lipinski definition) is 2. The molecule has 0 saturated heterocycles. The summed E-state index contributed by atoms with van der Waals surface area (Å²) in [6.07, 6.45) is 0.880. The first-order valence-electron chi connectivity index (χ1n) is 5.55. The van der Waals surface area contributed by atoms with Gasteiger partial charge in [0.1, 0.15) is 0 Å². The number of hydrazine groups is 1. The van der Waals surface area contributed by atoms with E-state index in [1.807, 2.05) is 0 Å². The van der Waals surface area contributed by atoms with Crippen molar-refractivity contribution >= 4 is 43.2 Å². The standard InChI is InChI=1S/C13H14Br2N2S/c1-8-4-9(6-10(14)5-8)12(17-16)7-13-11(15)2-3-18-13/h2-6,12,17H,7,16H2,1H3. The number of nitrogens with two attached hydrogens (primary N) is 1. The van der Waals surface area contributed by atoms with Gasteiger partial charge in [0.05, 0.1) is 6.04 Å². The Hall–Kier alpha value is -0.200. The Balaban J connectivity index is 2.25. The Labute approximate surface area is 128 Å². The number of benzene rings is 1. The molecule has 96 valence electrons. The van der Waals surface area contributed by atoms with Gasteiger partial charge in [0.25, 0.3) is 0 Å². The summed E-state index contributed by atoms with van der Waals surface area (Å²) >= 11 is 8.83. The quantitative estimate of drug-likeness (QED) is 0.603. The lowest BCUT2D eigenvalue weighted by Crippen LogP contribution is -2.29. The highest BCUT2D eigenvalue weighted by Gasteiger charge is 2.14. The first-order valence-corrected chi connectivity index (χ1v) is 8.02. The molecule has 5 heteroatoms. The molecule has 3 N–H and O–H groups in total. The summed E-state index contributed by atoms with van der Waals surface area (Å²) in [6.45, 7) is 2.09. The molecule has 1 aromatic carbocycles. The summed E-state index contributed by atoms with van der Waals surface area (Å²) in [6, 6.07) is 8.56. The molecule has 0 aliphatic rings. The molecule has 0 spiro atoms. The second kappa shape index (κ2) is 6.30. The van der Waals surface area contributed by atoms with E-state index in [9.17, 15) is 0 Å². The fourth-order valence-corrected chi connectivity index (χ4v) is 4.08. The molecule has 0 fully saturated rings. The number of thiophene rings is 1. The zero-order valence-electron chi connectivity index (χ0n) is 9.91. The third-order valence-electron chi connectivity index (χ3n) is 2.75. The molecule has 0 aliphatic heterocycles. The second-order valence-electron chi connectivity index (χ2n) is 4.18. The van der Waals surface area contributed by atoms with Crippen molar-refractivity contribution in [1.29, 1.82) is 0 Å². The minimum atomic E-state index is 0.121. The minimum Gasteiger partial charge on any atom is -0.271 e. The lowest BCUT2D eigenvalue weighted by molar-refractivity contribution is 0.554. The van der Waals surface area contributed by atoms with Gasteiger partial charge in [0.15, 0.2) is 0 Å². The summed E-state index contributed by atoms with van der Waals surface area (Å²) in [5.41, 5.74) is 5.33. The predicted octanol–water partition coefficient (Wildman–Crippen LogP) is 4.33. The Morgan fingerprint density at radius 2 is 2.11 bits per heavy atom. The largest absolute Gasteiger partial charge is 0.271 e. The third-order valence-corrected chi connectivity index (χ3v) is 5.16. The molecule has 0 amide bonds. The van der Waals surface area contributed by atoms with E-state index in [2.05, 4.69) is 73.9 Å². The van der Waals surface area contributed by atoms with E-state index >= 15 is 0 Å². The van der Waals surface area contributed by atoms with Gasteiger partial charge >= 0.3 is 0 Å². The first-order chi connectivity index (χ1) is 8.60.